The monoisotopic (exact) mass is 315 g/mol. The number of amides is 1. The van der Waals surface area contributed by atoms with Crippen molar-refractivity contribution >= 4 is 28.9 Å². The van der Waals surface area contributed by atoms with Crippen LogP contribution in [0.15, 0.2) is 48.8 Å². The fourth-order valence-corrected chi connectivity index (χ4v) is 3.01. The number of rotatable bonds is 3. The Hall–Kier alpha value is -2.07. The molecule has 1 N–H and O–H groups in total. The van der Waals surface area contributed by atoms with Gasteiger partial charge < -0.3 is 10.2 Å². The van der Waals surface area contributed by atoms with Crippen LogP contribution in [0.2, 0.25) is 5.02 Å². The highest BCUT2D eigenvalue weighted by Gasteiger charge is 2.25. The molecule has 0 bridgehead atoms. The first-order chi connectivity index (χ1) is 10.7. The molecule has 2 heterocycles. The lowest BCUT2D eigenvalue weighted by Crippen LogP contribution is -2.38. The van der Waals surface area contributed by atoms with E-state index in [-0.39, 0.29) is 11.8 Å². The number of aromatic nitrogens is 1. The first-order valence-corrected chi connectivity index (χ1v) is 7.82. The van der Waals surface area contributed by atoms with Gasteiger partial charge in [0.05, 0.1) is 10.7 Å². The van der Waals surface area contributed by atoms with Crippen molar-refractivity contribution in [3.8, 4) is 0 Å². The first-order valence-electron chi connectivity index (χ1n) is 7.44. The summed E-state index contributed by atoms with van der Waals surface area (Å²) in [6, 6.07) is 11.5. The molecule has 1 aromatic carbocycles. The Balaban J connectivity index is 1.58. The maximum atomic E-state index is 12.3. The van der Waals surface area contributed by atoms with Crippen LogP contribution in [0.1, 0.15) is 12.8 Å². The van der Waals surface area contributed by atoms with Gasteiger partial charge in [-0.25, -0.2) is 0 Å². The smallest absolute Gasteiger partial charge is 0.227 e. The zero-order chi connectivity index (χ0) is 15.4. The summed E-state index contributed by atoms with van der Waals surface area (Å²) in [5, 5.41) is 3.65. The molecular formula is C17H18ClN3O. The number of nitrogens with zero attached hydrogens (tertiary/aromatic N) is 2. The van der Waals surface area contributed by atoms with Crippen LogP contribution in [-0.4, -0.2) is 24.0 Å². The van der Waals surface area contributed by atoms with Crippen LogP contribution in [-0.2, 0) is 4.79 Å². The average molecular weight is 316 g/mol. The molecule has 2 aromatic rings. The summed E-state index contributed by atoms with van der Waals surface area (Å²) in [7, 11) is 0. The SMILES string of the molecule is O=C(Nc1ccccc1)C1CCN(c2ccncc2Cl)CC1. The summed E-state index contributed by atoms with van der Waals surface area (Å²) in [5.41, 5.74) is 1.85. The third-order valence-electron chi connectivity index (χ3n) is 4.00. The number of anilines is 2. The highest BCUT2D eigenvalue weighted by atomic mass is 35.5. The Morgan fingerprint density at radius 3 is 2.59 bits per heavy atom. The van der Waals surface area contributed by atoms with E-state index in [1.165, 1.54) is 0 Å². The molecule has 0 aliphatic carbocycles. The summed E-state index contributed by atoms with van der Waals surface area (Å²) in [5.74, 6) is 0.156. The minimum Gasteiger partial charge on any atom is -0.370 e. The van der Waals surface area contributed by atoms with Crippen molar-refractivity contribution in [2.24, 2.45) is 5.92 Å². The summed E-state index contributed by atoms with van der Waals surface area (Å²) < 4.78 is 0. The van der Waals surface area contributed by atoms with Gasteiger partial charge in [0.25, 0.3) is 0 Å². The van der Waals surface area contributed by atoms with E-state index in [9.17, 15) is 4.79 Å². The zero-order valence-corrected chi connectivity index (χ0v) is 13.0. The number of piperidine rings is 1. The minimum atomic E-state index is 0.0528. The highest BCUT2D eigenvalue weighted by molar-refractivity contribution is 6.33. The second-order valence-electron chi connectivity index (χ2n) is 5.44. The lowest BCUT2D eigenvalue weighted by Gasteiger charge is -2.33. The van der Waals surface area contributed by atoms with Gasteiger partial charge in [0, 0.05) is 37.1 Å². The normalized spacial score (nSPS) is 15.6. The second kappa shape index (κ2) is 6.79. The largest absolute Gasteiger partial charge is 0.370 e. The minimum absolute atomic E-state index is 0.0528. The maximum Gasteiger partial charge on any atom is 0.227 e. The third-order valence-corrected chi connectivity index (χ3v) is 4.29. The van der Waals surface area contributed by atoms with E-state index >= 15 is 0 Å². The highest BCUT2D eigenvalue weighted by Crippen LogP contribution is 2.29. The number of hydrogen-bond donors (Lipinski definition) is 1. The Kier molecular flexibility index (Phi) is 4.59. The van der Waals surface area contributed by atoms with E-state index in [0.717, 1.165) is 37.3 Å². The van der Waals surface area contributed by atoms with Gasteiger partial charge in [-0.1, -0.05) is 29.8 Å². The number of carbonyl (C=O) groups excluding carboxylic acids is 1. The van der Waals surface area contributed by atoms with E-state index < -0.39 is 0 Å². The molecule has 1 aliphatic rings. The van der Waals surface area contributed by atoms with Gasteiger partial charge in [-0.05, 0) is 31.0 Å². The van der Waals surface area contributed by atoms with Gasteiger partial charge >= 0.3 is 0 Å². The fraction of sp³-hybridized carbons (Fsp3) is 0.294. The van der Waals surface area contributed by atoms with E-state index in [1.807, 2.05) is 36.4 Å². The van der Waals surface area contributed by atoms with Gasteiger partial charge in [-0.2, -0.15) is 0 Å². The van der Waals surface area contributed by atoms with E-state index in [0.29, 0.717) is 5.02 Å². The summed E-state index contributed by atoms with van der Waals surface area (Å²) >= 11 is 6.18. The number of halogens is 1. The Labute approximate surface area is 135 Å². The van der Waals surface area contributed by atoms with Crippen LogP contribution in [0.5, 0.6) is 0 Å². The predicted octanol–water partition coefficient (Wildman–Crippen LogP) is 3.59. The first kappa shape index (κ1) is 14.9. The second-order valence-corrected chi connectivity index (χ2v) is 5.85. The van der Waals surface area contributed by atoms with Gasteiger partial charge in [0.1, 0.15) is 0 Å². The predicted molar refractivity (Wildman–Crippen MR) is 89.3 cm³/mol. The third kappa shape index (κ3) is 3.39. The molecule has 1 aliphatic heterocycles. The molecule has 22 heavy (non-hydrogen) atoms. The van der Waals surface area contributed by atoms with Crippen molar-refractivity contribution in [2.45, 2.75) is 12.8 Å². The Morgan fingerprint density at radius 1 is 1.18 bits per heavy atom. The number of nitrogens with one attached hydrogen (secondary N) is 1. The lowest BCUT2D eigenvalue weighted by molar-refractivity contribution is -0.120. The molecule has 0 unspecified atom stereocenters. The molecular weight excluding hydrogens is 298 g/mol. The van der Waals surface area contributed by atoms with Crippen molar-refractivity contribution in [1.29, 1.82) is 0 Å². The van der Waals surface area contributed by atoms with Gasteiger partial charge in [0.2, 0.25) is 5.91 Å². The molecule has 4 nitrogen and oxygen atoms in total. The topological polar surface area (TPSA) is 45.2 Å². The molecule has 1 aromatic heterocycles. The molecule has 0 radical (unpaired) electrons. The van der Waals surface area contributed by atoms with Crippen LogP contribution in [0.3, 0.4) is 0 Å². The summed E-state index contributed by atoms with van der Waals surface area (Å²) in [6.07, 6.45) is 5.06. The van der Waals surface area contributed by atoms with E-state index in [4.69, 9.17) is 11.6 Å². The summed E-state index contributed by atoms with van der Waals surface area (Å²) in [6.45, 7) is 1.66. The van der Waals surface area contributed by atoms with E-state index in [1.54, 1.807) is 12.4 Å². The van der Waals surface area contributed by atoms with Crippen LogP contribution < -0.4 is 10.2 Å². The van der Waals surface area contributed by atoms with Crippen LogP contribution in [0.4, 0.5) is 11.4 Å². The Bertz CT molecular complexity index is 639. The average Bonchev–Trinajstić information content (AvgIpc) is 2.56. The number of para-hydroxylation sites is 1. The standard InChI is InChI=1S/C17H18ClN3O/c18-15-12-19-9-6-16(15)21-10-7-13(8-11-21)17(22)20-14-4-2-1-3-5-14/h1-6,9,12-13H,7-8,10-11H2,(H,20,22). The number of hydrogen-bond acceptors (Lipinski definition) is 3. The van der Waals surface area contributed by atoms with Crippen molar-refractivity contribution in [3.63, 3.8) is 0 Å². The summed E-state index contributed by atoms with van der Waals surface area (Å²) in [4.78, 5) is 18.5. The number of carbonyl (C=O) groups is 1. The molecule has 3 rings (SSSR count). The number of benzene rings is 1. The molecule has 5 heteroatoms. The van der Waals surface area contributed by atoms with Crippen molar-refractivity contribution in [1.82, 2.24) is 4.98 Å². The lowest BCUT2D eigenvalue weighted by atomic mass is 9.95. The van der Waals surface area contributed by atoms with Gasteiger partial charge in [0.15, 0.2) is 0 Å². The fourth-order valence-electron chi connectivity index (χ4n) is 2.77. The molecule has 0 spiro atoms. The maximum absolute atomic E-state index is 12.3. The van der Waals surface area contributed by atoms with Crippen LogP contribution in [0.25, 0.3) is 0 Å². The zero-order valence-electron chi connectivity index (χ0n) is 12.2. The van der Waals surface area contributed by atoms with Crippen LogP contribution in [0, 0.1) is 5.92 Å². The molecule has 1 fully saturated rings. The number of pyridine rings is 1. The van der Waals surface area contributed by atoms with Gasteiger partial charge in [-0.15, -0.1) is 0 Å². The van der Waals surface area contributed by atoms with Crippen molar-refractivity contribution < 1.29 is 4.79 Å². The molecule has 0 saturated carbocycles. The van der Waals surface area contributed by atoms with E-state index in [2.05, 4.69) is 15.2 Å². The molecule has 0 atom stereocenters. The quantitative estimate of drug-likeness (QED) is 0.941. The van der Waals surface area contributed by atoms with Crippen LogP contribution >= 0.6 is 11.6 Å². The molecule has 1 saturated heterocycles. The molecule has 114 valence electrons. The Morgan fingerprint density at radius 2 is 1.91 bits per heavy atom. The van der Waals surface area contributed by atoms with Crippen molar-refractivity contribution in [2.75, 3.05) is 23.3 Å². The molecule has 1 amide bonds. The van der Waals surface area contributed by atoms with Gasteiger partial charge in [-0.3, -0.25) is 9.78 Å². The van der Waals surface area contributed by atoms with Crippen molar-refractivity contribution in [3.05, 3.63) is 53.8 Å².